The molecule has 206 valence electrons. The predicted molar refractivity (Wildman–Crippen MR) is 142 cm³/mol. The van der Waals surface area contributed by atoms with Gasteiger partial charge >= 0.3 is 6.18 Å². The molecule has 0 aromatic heterocycles. The van der Waals surface area contributed by atoms with E-state index in [0.717, 1.165) is 43.7 Å². The standard InChI is InChI=1S/C30H31F4N3O2/c1-39-27-7-3-6-26(17-27)36-14-12-35(13-15-36)18-23-19-37(29(38)21-8-10-25(31)11-9-21)20-28(23)22-4-2-5-24(16-22)30(32,33)34/h2-11,16-17,23,28H,12-15,18-20H2,1H3/t23-,28+/m1/s1. The average molecular weight is 542 g/mol. The molecule has 2 atom stereocenters. The van der Waals surface area contributed by atoms with Gasteiger partial charge in [-0.15, -0.1) is 0 Å². The smallest absolute Gasteiger partial charge is 0.416 e. The van der Waals surface area contributed by atoms with E-state index in [1.807, 2.05) is 18.2 Å². The average Bonchev–Trinajstić information content (AvgIpc) is 3.37. The van der Waals surface area contributed by atoms with E-state index in [1.54, 1.807) is 18.1 Å². The Hall–Kier alpha value is -3.59. The van der Waals surface area contributed by atoms with Crippen LogP contribution in [0.3, 0.4) is 0 Å². The van der Waals surface area contributed by atoms with Crippen LogP contribution in [0.2, 0.25) is 0 Å². The van der Waals surface area contributed by atoms with Gasteiger partial charge in [0.2, 0.25) is 0 Å². The van der Waals surface area contributed by atoms with E-state index in [1.165, 1.54) is 36.4 Å². The number of halogens is 4. The molecule has 3 aromatic carbocycles. The highest BCUT2D eigenvalue weighted by Crippen LogP contribution is 2.37. The molecule has 2 fully saturated rings. The van der Waals surface area contributed by atoms with E-state index in [0.29, 0.717) is 30.8 Å². The first-order chi connectivity index (χ1) is 18.7. The number of alkyl halides is 3. The molecule has 2 heterocycles. The first-order valence-corrected chi connectivity index (χ1v) is 13.0. The predicted octanol–water partition coefficient (Wildman–Crippen LogP) is 5.53. The van der Waals surface area contributed by atoms with E-state index >= 15 is 0 Å². The van der Waals surface area contributed by atoms with Gasteiger partial charge in [0.15, 0.2) is 0 Å². The van der Waals surface area contributed by atoms with Gasteiger partial charge in [0.1, 0.15) is 11.6 Å². The number of carbonyl (C=O) groups is 1. The number of piperazine rings is 1. The van der Waals surface area contributed by atoms with Crippen molar-refractivity contribution in [3.05, 3.63) is 95.3 Å². The zero-order valence-corrected chi connectivity index (χ0v) is 21.7. The van der Waals surface area contributed by atoms with Crippen LogP contribution in [-0.4, -0.2) is 68.6 Å². The van der Waals surface area contributed by atoms with E-state index in [9.17, 15) is 22.4 Å². The number of anilines is 1. The summed E-state index contributed by atoms with van der Waals surface area (Å²) in [6, 6.07) is 18.8. The highest BCUT2D eigenvalue weighted by molar-refractivity contribution is 5.94. The topological polar surface area (TPSA) is 36.0 Å². The van der Waals surface area contributed by atoms with Gasteiger partial charge in [-0.25, -0.2) is 4.39 Å². The van der Waals surface area contributed by atoms with Gasteiger partial charge in [-0.05, 0) is 53.9 Å². The molecule has 0 bridgehead atoms. The number of ether oxygens (including phenoxy) is 1. The van der Waals surface area contributed by atoms with Gasteiger partial charge in [-0.3, -0.25) is 9.69 Å². The van der Waals surface area contributed by atoms with E-state index in [-0.39, 0.29) is 17.7 Å². The van der Waals surface area contributed by atoms with Gasteiger partial charge in [-0.1, -0.05) is 24.3 Å². The van der Waals surface area contributed by atoms with Crippen LogP contribution in [0.15, 0.2) is 72.8 Å². The lowest BCUT2D eigenvalue weighted by atomic mass is 9.87. The van der Waals surface area contributed by atoms with Crippen LogP contribution in [0.25, 0.3) is 0 Å². The Balaban J connectivity index is 1.32. The summed E-state index contributed by atoms with van der Waals surface area (Å²) in [7, 11) is 1.64. The van der Waals surface area contributed by atoms with Gasteiger partial charge in [0.05, 0.1) is 12.7 Å². The molecule has 0 saturated carbocycles. The number of methoxy groups -OCH3 is 1. The minimum atomic E-state index is -4.44. The number of amides is 1. The lowest BCUT2D eigenvalue weighted by molar-refractivity contribution is -0.137. The summed E-state index contributed by atoms with van der Waals surface area (Å²) in [5.74, 6) is -0.150. The lowest BCUT2D eigenvalue weighted by Gasteiger charge is -2.38. The molecule has 2 saturated heterocycles. The minimum Gasteiger partial charge on any atom is -0.497 e. The molecule has 0 unspecified atom stereocenters. The summed E-state index contributed by atoms with van der Waals surface area (Å²) in [5.41, 5.74) is 1.35. The van der Waals surface area contributed by atoms with Crippen molar-refractivity contribution in [2.75, 3.05) is 57.8 Å². The Labute approximate surface area is 225 Å². The van der Waals surface area contributed by atoms with Crippen molar-refractivity contribution < 1.29 is 27.1 Å². The molecule has 0 aliphatic carbocycles. The Morgan fingerprint density at radius 1 is 0.923 bits per heavy atom. The third-order valence-electron chi connectivity index (χ3n) is 7.74. The molecule has 5 rings (SSSR count). The Kier molecular flexibility index (Phi) is 7.79. The third-order valence-corrected chi connectivity index (χ3v) is 7.74. The van der Waals surface area contributed by atoms with Crippen molar-refractivity contribution >= 4 is 11.6 Å². The molecule has 3 aromatic rings. The molecule has 39 heavy (non-hydrogen) atoms. The molecule has 0 N–H and O–H groups in total. The van der Waals surface area contributed by atoms with Crippen molar-refractivity contribution in [1.82, 2.24) is 9.80 Å². The van der Waals surface area contributed by atoms with Crippen LogP contribution in [-0.2, 0) is 6.18 Å². The summed E-state index contributed by atoms with van der Waals surface area (Å²) in [4.78, 5) is 19.6. The number of hydrogen-bond acceptors (Lipinski definition) is 4. The number of benzene rings is 3. The van der Waals surface area contributed by atoms with Crippen LogP contribution < -0.4 is 9.64 Å². The lowest BCUT2D eigenvalue weighted by Crippen LogP contribution is -2.48. The molecule has 0 radical (unpaired) electrons. The number of likely N-dealkylation sites (tertiary alicyclic amines) is 1. The normalized spacial score (nSPS) is 20.3. The second-order valence-corrected chi connectivity index (χ2v) is 10.2. The van der Waals surface area contributed by atoms with Gasteiger partial charge in [0.25, 0.3) is 5.91 Å². The van der Waals surface area contributed by atoms with Crippen LogP contribution >= 0.6 is 0 Å². The maximum Gasteiger partial charge on any atom is 0.416 e. The van der Waals surface area contributed by atoms with Crippen molar-refractivity contribution in [2.45, 2.75) is 12.1 Å². The van der Waals surface area contributed by atoms with Crippen LogP contribution in [0.5, 0.6) is 5.75 Å². The van der Waals surface area contributed by atoms with E-state index in [4.69, 9.17) is 4.74 Å². The largest absolute Gasteiger partial charge is 0.497 e. The monoisotopic (exact) mass is 541 g/mol. The van der Waals surface area contributed by atoms with E-state index < -0.39 is 17.6 Å². The maximum atomic E-state index is 13.5. The fourth-order valence-corrected chi connectivity index (χ4v) is 5.65. The molecule has 1 amide bonds. The molecular weight excluding hydrogens is 510 g/mol. The number of rotatable bonds is 6. The molecule has 5 nitrogen and oxygen atoms in total. The Bertz CT molecular complexity index is 1290. The van der Waals surface area contributed by atoms with Crippen molar-refractivity contribution in [3.63, 3.8) is 0 Å². The fourth-order valence-electron chi connectivity index (χ4n) is 5.65. The molecule has 2 aliphatic rings. The van der Waals surface area contributed by atoms with Crippen molar-refractivity contribution in [2.24, 2.45) is 5.92 Å². The molecular formula is C30H31F4N3O2. The fraction of sp³-hybridized carbons (Fsp3) is 0.367. The highest BCUT2D eigenvalue weighted by atomic mass is 19.4. The highest BCUT2D eigenvalue weighted by Gasteiger charge is 2.39. The molecule has 9 heteroatoms. The van der Waals surface area contributed by atoms with Crippen molar-refractivity contribution in [1.29, 1.82) is 0 Å². The first-order valence-electron chi connectivity index (χ1n) is 13.0. The second kappa shape index (κ2) is 11.3. The summed E-state index contributed by atoms with van der Waals surface area (Å²) in [5, 5.41) is 0. The number of nitrogens with zero attached hydrogens (tertiary/aromatic N) is 3. The number of carbonyl (C=O) groups excluding carboxylic acids is 1. The summed E-state index contributed by atoms with van der Waals surface area (Å²) < 4.78 is 59.2. The van der Waals surface area contributed by atoms with Crippen LogP contribution in [0.1, 0.15) is 27.4 Å². The zero-order valence-electron chi connectivity index (χ0n) is 21.7. The SMILES string of the molecule is COc1cccc(N2CCN(C[C@@H]3CN(C(=O)c4ccc(F)cc4)C[C@H]3c3cccc(C(F)(F)F)c3)CC2)c1. The summed E-state index contributed by atoms with van der Waals surface area (Å²) >= 11 is 0. The quantitative estimate of drug-likeness (QED) is 0.385. The number of hydrogen-bond donors (Lipinski definition) is 0. The summed E-state index contributed by atoms with van der Waals surface area (Å²) in [6.45, 7) is 4.63. The van der Waals surface area contributed by atoms with E-state index in [2.05, 4.69) is 15.9 Å². The molecule has 2 aliphatic heterocycles. The second-order valence-electron chi connectivity index (χ2n) is 10.2. The van der Waals surface area contributed by atoms with Gasteiger partial charge in [0, 0.05) is 69.0 Å². The van der Waals surface area contributed by atoms with Crippen LogP contribution in [0, 0.1) is 11.7 Å². The summed E-state index contributed by atoms with van der Waals surface area (Å²) in [6.07, 6.45) is -4.44. The van der Waals surface area contributed by atoms with Crippen molar-refractivity contribution in [3.8, 4) is 5.75 Å². The molecule has 0 spiro atoms. The Morgan fingerprint density at radius 3 is 2.33 bits per heavy atom. The van der Waals surface area contributed by atoms with Gasteiger partial charge in [-0.2, -0.15) is 13.2 Å². The third kappa shape index (κ3) is 6.19. The van der Waals surface area contributed by atoms with Gasteiger partial charge < -0.3 is 14.5 Å². The maximum absolute atomic E-state index is 13.5. The zero-order chi connectivity index (χ0) is 27.6. The Morgan fingerprint density at radius 2 is 1.64 bits per heavy atom. The minimum absolute atomic E-state index is 0.0405. The first kappa shape index (κ1) is 27.0. The van der Waals surface area contributed by atoms with Crippen LogP contribution in [0.4, 0.5) is 23.2 Å².